The Bertz CT molecular complexity index is 637. The number of aromatic nitrogens is 3. The number of nitrogens with zero attached hydrogens (tertiary/aromatic N) is 3. The molecule has 0 amide bonds. The van der Waals surface area contributed by atoms with E-state index >= 15 is 0 Å². The summed E-state index contributed by atoms with van der Waals surface area (Å²) in [5.41, 5.74) is 3.51. The van der Waals surface area contributed by atoms with Crippen molar-refractivity contribution in [2.45, 2.75) is 47.0 Å². The van der Waals surface area contributed by atoms with Crippen LogP contribution in [0.5, 0.6) is 0 Å². The molecule has 0 aliphatic carbocycles. The zero-order valence-corrected chi connectivity index (χ0v) is 14.7. The standard InChI is InChI=1S/C18H27N5/c1-12(2)9-10-19-16-11-20-23-18(21-16)22-17-14(5)7-6-8-15(17)13(3)4/h6-8,11-13H,9-10H2,1-5H3,(H2,19,21,22,23). The molecular weight excluding hydrogens is 286 g/mol. The van der Waals surface area contributed by atoms with Crippen LogP contribution < -0.4 is 10.6 Å². The lowest BCUT2D eigenvalue weighted by Gasteiger charge is -2.16. The fourth-order valence-electron chi connectivity index (χ4n) is 2.38. The van der Waals surface area contributed by atoms with Gasteiger partial charge in [0.15, 0.2) is 5.82 Å². The fourth-order valence-corrected chi connectivity index (χ4v) is 2.38. The van der Waals surface area contributed by atoms with Crippen LogP contribution in [-0.4, -0.2) is 21.7 Å². The predicted molar refractivity (Wildman–Crippen MR) is 96.3 cm³/mol. The number of nitrogens with one attached hydrogen (secondary N) is 2. The van der Waals surface area contributed by atoms with E-state index in [1.54, 1.807) is 6.20 Å². The highest BCUT2D eigenvalue weighted by atomic mass is 15.3. The van der Waals surface area contributed by atoms with E-state index < -0.39 is 0 Å². The summed E-state index contributed by atoms with van der Waals surface area (Å²) in [5, 5.41) is 14.8. The fraction of sp³-hybridized carbons (Fsp3) is 0.500. The van der Waals surface area contributed by atoms with Crippen LogP contribution in [-0.2, 0) is 0 Å². The summed E-state index contributed by atoms with van der Waals surface area (Å²) in [7, 11) is 0. The van der Waals surface area contributed by atoms with Crippen molar-refractivity contribution in [1.82, 2.24) is 15.2 Å². The zero-order chi connectivity index (χ0) is 16.8. The van der Waals surface area contributed by atoms with E-state index in [9.17, 15) is 0 Å². The minimum atomic E-state index is 0.428. The second-order valence-electron chi connectivity index (χ2n) is 6.59. The van der Waals surface area contributed by atoms with Gasteiger partial charge in [0.05, 0.1) is 6.20 Å². The maximum Gasteiger partial charge on any atom is 0.249 e. The Hall–Kier alpha value is -2.17. The molecule has 5 nitrogen and oxygen atoms in total. The van der Waals surface area contributed by atoms with E-state index in [-0.39, 0.29) is 0 Å². The molecule has 0 atom stereocenters. The lowest BCUT2D eigenvalue weighted by Crippen LogP contribution is -2.09. The third-order valence-corrected chi connectivity index (χ3v) is 3.75. The highest BCUT2D eigenvalue weighted by molar-refractivity contribution is 5.64. The van der Waals surface area contributed by atoms with Crippen LogP contribution in [0.3, 0.4) is 0 Å². The lowest BCUT2D eigenvalue weighted by molar-refractivity contribution is 0.606. The van der Waals surface area contributed by atoms with E-state index in [0.29, 0.717) is 17.8 Å². The number of aryl methyl sites for hydroxylation is 1. The number of hydrogen-bond acceptors (Lipinski definition) is 5. The van der Waals surface area contributed by atoms with Gasteiger partial charge in [-0.05, 0) is 36.3 Å². The average Bonchev–Trinajstić information content (AvgIpc) is 2.49. The highest BCUT2D eigenvalue weighted by Crippen LogP contribution is 2.29. The summed E-state index contributed by atoms with van der Waals surface area (Å²) in [6.45, 7) is 11.8. The van der Waals surface area contributed by atoms with Crippen molar-refractivity contribution >= 4 is 17.5 Å². The smallest absolute Gasteiger partial charge is 0.249 e. The van der Waals surface area contributed by atoms with Crippen molar-refractivity contribution in [1.29, 1.82) is 0 Å². The second-order valence-corrected chi connectivity index (χ2v) is 6.59. The second kappa shape index (κ2) is 7.90. The minimum Gasteiger partial charge on any atom is -0.369 e. The first kappa shape index (κ1) is 17.2. The molecular formula is C18H27N5. The Morgan fingerprint density at radius 2 is 1.91 bits per heavy atom. The third-order valence-electron chi connectivity index (χ3n) is 3.75. The molecule has 1 aromatic heterocycles. The van der Waals surface area contributed by atoms with Crippen molar-refractivity contribution in [2.24, 2.45) is 5.92 Å². The van der Waals surface area contributed by atoms with Gasteiger partial charge in [-0.15, -0.1) is 5.10 Å². The van der Waals surface area contributed by atoms with Crippen LogP contribution >= 0.6 is 0 Å². The van der Waals surface area contributed by atoms with Crippen LogP contribution in [0.15, 0.2) is 24.4 Å². The zero-order valence-electron chi connectivity index (χ0n) is 14.7. The largest absolute Gasteiger partial charge is 0.369 e. The lowest BCUT2D eigenvalue weighted by atomic mass is 9.98. The number of benzene rings is 1. The summed E-state index contributed by atoms with van der Waals surface area (Å²) in [6, 6.07) is 6.31. The van der Waals surface area contributed by atoms with Gasteiger partial charge >= 0.3 is 0 Å². The van der Waals surface area contributed by atoms with E-state index in [0.717, 1.165) is 24.5 Å². The molecule has 0 fully saturated rings. The quantitative estimate of drug-likeness (QED) is 0.787. The molecule has 1 heterocycles. The van der Waals surface area contributed by atoms with Gasteiger partial charge in [-0.1, -0.05) is 45.9 Å². The van der Waals surface area contributed by atoms with Gasteiger partial charge in [-0.2, -0.15) is 10.1 Å². The number of anilines is 3. The molecule has 0 saturated carbocycles. The van der Waals surface area contributed by atoms with Crippen molar-refractivity contribution in [3.63, 3.8) is 0 Å². The number of rotatable bonds is 7. The van der Waals surface area contributed by atoms with E-state index in [1.807, 2.05) is 0 Å². The monoisotopic (exact) mass is 313 g/mol. The summed E-state index contributed by atoms with van der Waals surface area (Å²) in [5.74, 6) is 2.37. The van der Waals surface area contributed by atoms with Gasteiger partial charge in [0, 0.05) is 12.2 Å². The third kappa shape index (κ3) is 4.91. The van der Waals surface area contributed by atoms with Crippen LogP contribution in [0.2, 0.25) is 0 Å². The topological polar surface area (TPSA) is 62.7 Å². The van der Waals surface area contributed by atoms with Gasteiger partial charge < -0.3 is 10.6 Å². The van der Waals surface area contributed by atoms with Crippen LogP contribution in [0.4, 0.5) is 17.5 Å². The number of para-hydroxylation sites is 1. The predicted octanol–water partition coefficient (Wildman–Crippen LogP) is 4.51. The molecule has 0 unspecified atom stereocenters. The molecule has 0 saturated heterocycles. The Morgan fingerprint density at radius 3 is 2.61 bits per heavy atom. The maximum absolute atomic E-state index is 4.51. The highest BCUT2D eigenvalue weighted by Gasteiger charge is 2.11. The summed E-state index contributed by atoms with van der Waals surface area (Å²) >= 11 is 0. The van der Waals surface area contributed by atoms with E-state index in [1.165, 1.54) is 11.1 Å². The minimum absolute atomic E-state index is 0.428. The molecule has 2 rings (SSSR count). The van der Waals surface area contributed by atoms with Crippen LogP contribution in [0.1, 0.15) is 51.2 Å². The summed E-state index contributed by atoms with van der Waals surface area (Å²) in [6.07, 6.45) is 2.76. The van der Waals surface area contributed by atoms with E-state index in [2.05, 4.69) is 78.6 Å². The molecule has 23 heavy (non-hydrogen) atoms. The molecule has 0 aliphatic rings. The van der Waals surface area contributed by atoms with Crippen LogP contribution in [0, 0.1) is 12.8 Å². The first-order valence-electron chi connectivity index (χ1n) is 8.27. The van der Waals surface area contributed by atoms with Crippen molar-refractivity contribution in [2.75, 3.05) is 17.2 Å². The van der Waals surface area contributed by atoms with Crippen molar-refractivity contribution in [3.05, 3.63) is 35.5 Å². The Balaban J connectivity index is 2.15. The molecule has 2 N–H and O–H groups in total. The SMILES string of the molecule is Cc1cccc(C(C)C)c1Nc1nncc(NCCC(C)C)n1. The van der Waals surface area contributed by atoms with Gasteiger partial charge in [0.1, 0.15) is 0 Å². The maximum atomic E-state index is 4.51. The summed E-state index contributed by atoms with van der Waals surface area (Å²) in [4.78, 5) is 4.51. The molecule has 124 valence electrons. The molecule has 0 bridgehead atoms. The number of hydrogen-bond donors (Lipinski definition) is 2. The Morgan fingerprint density at radius 1 is 1.13 bits per heavy atom. The molecule has 5 heteroatoms. The van der Waals surface area contributed by atoms with Gasteiger partial charge in [-0.25, -0.2) is 0 Å². The van der Waals surface area contributed by atoms with Gasteiger partial charge in [0.2, 0.25) is 5.95 Å². The van der Waals surface area contributed by atoms with Gasteiger partial charge in [0.25, 0.3) is 0 Å². The van der Waals surface area contributed by atoms with Gasteiger partial charge in [-0.3, -0.25) is 0 Å². The molecule has 2 aromatic rings. The molecule has 1 aromatic carbocycles. The summed E-state index contributed by atoms with van der Waals surface area (Å²) < 4.78 is 0. The van der Waals surface area contributed by atoms with Crippen molar-refractivity contribution < 1.29 is 0 Å². The van der Waals surface area contributed by atoms with Crippen molar-refractivity contribution in [3.8, 4) is 0 Å². The molecule has 0 radical (unpaired) electrons. The normalized spacial score (nSPS) is 11.1. The first-order chi connectivity index (χ1) is 11.0. The average molecular weight is 313 g/mol. The van der Waals surface area contributed by atoms with Crippen LogP contribution in [0.25, 0.3) is 0 Å². The first-order valence-corrected chi connectivity index (χ1v) is 8.27. The Kier molecular flexibility index (Phi) is 5.90. The Labute approximate surface area is 139 Å². The molecule has 0 spiro atoms. The molecule has 0 aliphatic heterocycles. The van der Waals surface area contributed by atoms with E-state index in [4.69, 9.17) is 0 Å².